The summed E-state index contributed by atoms with van der Waals surface area (Å²) in [6.07, 6.45) is 3.20. The van der Waals surface area contributed by atoms with E-state index >= 15 is 0 Å². The molecule has 0 radical (unpaired) electrons. The van der Waals surface area contributed by atoms with Crippen LogP contribution in [0, 0.1) is 6.92 Å². The van der Waals surface area contributed by atoms with Crippen LogP contribution in [0.1, 0.15) is 21.5 Å². The molecule has 0 aromatic heterocycles. The van der Waals surface area contributed by atoms with Crippen molar-refractivity contribution in [2.45, 2.75) is 6.92 Å². The van der Waals surface area contributed by atoms with E-state index in [2.05, 4.69) is 0 Å². The van der Waals surface area contributed by atoms with E-state index in [0.717, 1.165) is 11.1 Å². The Morgan fingerprint density at radius 1 is 1.14 bits per heavy atom. The lowest BCUT2D eigenvalue weighted by atomic mass is 10.1. The van der Waals surface area contributed by atoms with Crippen LogP contribution in [-0.4, -0.2) is 12.6 Å². The Bertz CT molecular complexity index is 718. The van der Waals surface area contributed by atoms with Crippen LogP contribution in [0.2, 0.25) is 5.02 Å². The zero-order valence-electron chi connectivity index (χ0n) is 11.4. The number of rotatable bonds is 3. The van der Waals surface area contributed by atoms with Crippen molar-refractivity contribution >= 4 is 23.5 Å². The lowest BCUT2D eigenvalue weighted by molar-refractivity contribution is 0.104. The second-order valence-electron chi connectivity index (χ2n) is 4.79. The van der Waals surface area contributed by atoms with Crippen molar-refractivity contribution in [1.82, 2.24) is 0 Å². The summed E-state index contributed by atoms with van der Waals surface area (Å²) in [4.78, 5) is 12.1. The number of ether oxygens (including phenoxy) is 2. The van der Waals surface area contributed by atoms with Crippen LogP contribution < -0.4 is 9.47 Å². The van der Waals surface area contributed by atoms with E-state index in [1.54, 1.807) is 18.2 Å². The Morgan fingerprint density at radius 2 is 1.81 bits per heavy atom. The summed E-state index contributed by atoms with van der Waals surface area (Å²) in [6.45, 7) is 2.18. The average Bonchev–Trinajstić information content (AvgIpc) is 2.92. The van der Waals surface area contributed by atoms with Gasteiger partial charge in [-0.15, -0.1) is 0 Å². The van der Waals surface area contributed by atoms with Crippen LogP contribution in [0.3, 0.4) is 0 Å². The molecule has 0 bridgehead atoms. The first kappa shape index (κ1) is 13.7. The van der Waals surface area contributed by atoms with Gasteiger partial charge in [-0.25, -0.2) is 0 Å². The summed E-state index contributed by atoms with van der Waals surface area (Å²) in [5.74, 6) is 1.20. The standard InChI is InChI=1S/C17H13ClO3/c1-11-2-4-12(5-3-11)15(19)7-6-13-8-16-17(9-14(13)18)21-10-20-16/h2-9H,10H2,1H3/b7-6+. The molecule has 0 saturated heterocycles. The maximum absolute atomic E-state index is 12.1. The Morgan fingerprint density at radius 3 is 2.52 bits per heavy atom. The molecule has 0 unspecified atom stereocenters. The van der Waals surface area contributed by atoms with Gasteiger partial charge >= 0.3 is 0 Å². The van der Waals surface area contributed by atoms with Crippen molar-refractivity contribution in [3.63, 3.8) is 0 Å². The van der Waals surface area contributed by atoms with Gasteiger partial charge in [0.2, 0.25) is 6.79 Å². The smallest absolute Gasteiger partial charge is 0.231 e. The van der Waals surface area contributed by atoms with E-state index in [4.69, 9.17) is 21.1 Å². The quantitative estimate of drug-likeness (QED) is 0.627. The van der Waals surface area contributed by atoms with Crippen molar-refractivity contribution in [3.8, 4) is 11.5 Å². The fraction of sp³-hybridized carbons (Fsp3) is 0.118. The summed E-state index contributed by atoms with van der Waals surface area (Å²) < 4.78 is 10.5. The van der Waals surface area contributed by atoms with Crippen molar-refractivity contribution in [2.24, 2.45) is 0 Å². The highest BCUT2D eigenvalue weighted by Crippen LogP contribution is 2.37. The molecule has 3 rings (SSSR count). The van der Waals surface area contributed by atoms with E-state index in [-0.39, 0.29) is 12.6 Å². The van der Waals surface area contributed by atoms with Gasteiger partial charge in [-0.1, -0.05) is 41.4 Å². The highest BCUT2D eigenvalue weighted by atomic mass is 35.5. The molecule has 1 aliphatic heterocycles. The van der Waals surface area contributed by atoms with E-state index in [0.29, 0.717) is 22.1 Å². The van der Waals surface area contributed by atoms with E-state index < -0.39 is 0 Å². The third-order valence-electron chi connectivity index (χ3n) is 3.24. The van der Waals surface area contributed by atoms with Gasteiger partial charge in [0, 0.05) is 11.6 Å². The Balaban J connectivity index is 1.83. The molecule has 0 saturated carbocycles. The minimum atomic E-state index is -0.0660. The summed E-state index contributed by atoms with van der Waals surface area (Å²) in [6, 6.07) is 10.9. The molecule has 21 heavy (non-hydrogen) atoms. The monoisotopic (exact) mass is 300 g/mol. The molecule has 3 nitrogen and oxygen atoms in total. The Labute approximate surface area is 127 Å². The van der Waals surface area contributed by atoms with Crippen molar-refractivity contribution in [1.29, 1.82) is 0 Å². The highest BCUT2D eigenvalue weighted by Gasteiger charge is 2.15. The van der Waals surface area contributed by atoms with E-state index in [1.165, 1.54) is 6.08 Å². The normalized spacial score (nSPS) is 12.9. The molecular weight excluding hydrogens is 288 g/mol. The van der Waals surface area contributed by atoms with Crippen LogP contribution in [0.15, 0.2) is 42.5 Å². The number of carbonyl (C=O) groups is 1. The highest BCUT2D eigenvalue weighted by molar-refractivity contribution is 6.32. The first-order valence-electron chi connectivity index (χ1n) is 6.52. The lowest BCUT2D eigenvalue weighted by Gasteiger charge is -2.01. The molecule has 1 heterocycles. The van der Waals surface area contributed by atoms with Crippen LogP contribution in [-0.2, 0) is 0 Å². The molecule has 2 aromatic rings. The first-order valence-corrected chi connectivity index (χ1v) is 6.89. The number of halogens is 1. The number of allylic oxidation sites excluding steroid dienone is 1. The molecule has 0 N–H and O–H groups in total. The molecule has 0 amide bonds. The molecule has 0 fully saturated rings. The predicted molar refractivity (Wildman–Crippen MR) is 82.1 cm³/mol. The second kappa shape index (κ2) is 5.62. The fourth-order valence-corrected chi connectivity index (χ4v) is 2.26. The summed E-state index contributed by atoms with van der Waals surface area (Å²) in [7, 11) is 0. The molecular formula is C17H13ClO3. The topological polar surface area (TPSA) is 35.5 Å². The maximum Gasteiger partial charge on any atom is 0.231 e. The van der Waals surface area contributed by atoms with Gasteiger partial charge in [0.25, 0.3) is 0 Å². The van der Waals surface area contributed by atoms with Crippen molar-refractivity contribution in [2.75, 3.05) is 6.79 Å². The third-order valence-corrected chi connectivity index (χ3v) is 3.57. The number of fused-ring (bicyclic) bond motifs is 1. The molecule has 1 aliphatic rings. The van der Waals surface area contributed by atoms with Crippen LogP contribution in [0.25, 0.3) is 6.08 Å². The van der Waals surface area contributed by atoms with Gasteiger partial charge in [0.15, 0.2) is 17.3 Å². The Kier molecular flexibility index (Phi) is 3.67. The molecule has 4 heteroatoms. The SMILES string of the molecule is Cc1ccc(C(=O)/C=C/c2cc3c(cc2Cl)OCO3)cc1. The predicted octanol–water partition coefficient (Wildman–Crippen LogP) is 4.27. The number of hydrogen-bond donors (Lipinski definition) is 0. The number of carbonyl (C=O) groups excluding carboxylic acids is 1. The number of ketones is 1. The summed E-state index contributed by atoms with van der Waals surface area (Å²) >= 11 is 6.16. The minimum Gasteiger partial charge on any atom is -0.454 e. The number of benzene rings is 2. The lowest BCUT2D eigenvalue weighted by Crippen LogP contribution is -1.93. The zero-order chi connectivity index (χ0) is 14.8. The van der Waals surface area contributed by atoms with Gasteiger partial charge in [0.1, 0.15) is 0 Å². The van der Waals surface area contributed by atoms with Gasteiger partial charge in [0.05, 0.1) is 5.02 Å². The number of hydrogen-bond acceptors (Lipinski definition) is 3. The third kappa shape index (κ3) is 2.93. The maximum atomic E-state index is 12.1. The molecule has 0 atom stereocenters. The molecule has 106 valence electrons. The summed E-state index contributed by atoms with van der Waals surface area (Å²) in [5.41, 5.74) is 2.49. The van der Waals surface area contributed by atoms with E-state index in [9.17, 15) is 4.79 Å². The number of aryl methyl sites for hydroxylation is 1. The van der Waals surface area contributed by atoms with Crippen LogP contribution >= 0.6 is 11.6 Å². The minimum absolute atomic E-state index is 0.0660. The van der Waals surface area contributed by atoms with Crippen LogP contribution in [0.4, 0.5) is 0 Å². The van der Waals surface area contributed by atoms with Gasteiger partial charge in [-0.3, -0.25) is 4.79 Å². The molecule has 0 aliphatic carbocycles. The fourth-order valence-electron chi connectivity index (χ4n) is 2.04. The van der Waals surface area contributed by atoms with Crippen molar-refractivity contribution in [3.05, 3.63) is 64.2 Å². The van der Waals surface area contributed by atoms with Gasteiger partial charge in [-0.05, 0) is 30.7 Å². The van der Waals surface area contributed by atoms with Crippen molar-refractivity contribution < 1.29 is 14.3 Å². The molecule has 2 aromatic carbocycles. The molecule has 0 spiro atoms. The zero-order valence-corrected chi connectivity index (χ0v) is 12.2. The average molecular weight is 301 g/mol. The second-order valence-corrected chi connectivity index (χ2v) is 5.20. The summed E-state index contributed by atoms with van der Waals surface area (Å²) in [5, 5.41) is 0.521. The van der Waals surface area contributed by atoms with E-state index in [1.807, 2.05) is 31.2 Å². The van der Waals surface area contributed by atoms with Gasteiger partial charge in [-0.2, -0.15) is 0 Å². The van der Waals surface area contributed by atoms with Crippen LogP contribution in [0.5, 0.6) is 11.5 Å². The van der Waals surface area contributed by atoms with Gasteiger partial charge < -0.3 is 9.47 Å². The first-order chi connectivity index (χ1) is 10.1. The largest absolute Gasteiger partial charge is 0.454 e. The Hall–Kier alpha value is -2.26.